The van der Waals surface area contributed by atoms with Crippen molar-refractivity contribution in [3.8, 4) is 11.4 Å². The van der Waals surface area contributed by atoms with Gasteiger partial charge >= 0.3 is 0 Å². The van der Waals surface area contributed by atoms with E-state index < -0.39 is 22.5 Å². The van der Waals surface area contributed by atoms with Crippen LogP contribution in [0.15, 0.2) is 100 Å². The van der Waals surface area contributed by atoms with Gasteiger partial charge in [0.15, 0.2) is 0 Å². The van der Waals surface area contributed by atoms with Gasteiger partial charge in [0, 0.05) is 5.56 Å². The normalized spacial score (nSPS) is 11.1. The van der Waals surface area contributed by atoms with Gasteiger partial charge in [0.25, 0.3) is 10.0 Å². The zero-order valence-corrected chi connectivity index (χ0v) is 17.8. The van der Waals surface area contributed by atoms with Gasteiger partial charge < -0.3 is 9.84 Å². The topological polar surface area (TPSA) is 105 Å². The average Bonchev–Trinajstić information content (AvgIpc) is 3.32. The van der Waals surface area contributed by atoms with E-state index in [2.05, 4.69) is 15.5 Å². The molecule has 32 heavy (non-hydrogen) atoms. The summed E-state index contributed by atoms with van der Waals surface area (Å²) in [7, 11) is -3.94. The fourth-order valence-corrected chi connectivity index (χ4v) is 4.46. The summed E-state index contributed by atoms with van der Waals surface area (Å²) >= 11 is 0. The standard InChI is InChI=1S/C23H20N4O4S/c28-21(24-16-22-25-23(26-31-22)18-10-4-1-5-11-18)17-27(19-12-6-2-7-13-19)32(29,30)20-14-8-3-9-15-20/h1-15H,16-17H2,(H,24,28). The molecule has 0 saturated carbocycles. The molecular weight excluding hydrogens is 428 g/mol. The Balaban J connectivity index is 1.48. The lowest BCUT2D eigenvalue weighted by molar-refractivity contribution is -0.119. The molecule has 0 aliphatic rings. The minimum absolute atomic E-state index is 0.0211. The Kier molecular flexibility index (Phi) is 6.27. The number of carbonyl (C=O) groups excluding carboxylic acids is 1. The van der Waals surface area contributed by atoms with Gasteiger partial charge in [-0.2, -0.15) is 4.98 Å². The minimum atomic E-state index is -3.94. The van der Waals surface area contributed by atoms with Gasteiger partial charge in [-0.05, 0) is 24.3 Å². The van der Waals surface area contributed by atoms with Crippen molar-refractivity contribution in [2.24, 2.45) is 0 Å². The number of rotatable bonds is 8. The highest BCUT2D eigenvalue weighted by molar-refractivity contribution is 7.92. The SMILES string of the molecule is O=C(CN(c1ccccc1)S(=O)(=O)c1ccccc1)NCc1nc(-c2ccccc2)no1. The maximum absolute atomic E-state index is 13.2. The van der Waals surface area contributed by atoms with Gasteiger partial charge in [0.1, 0.15) is 6.54 Å². The van der Waals surface area contributed by atoms with Crippen molar-refractivity contribution in [1.82, 2.24) is 15.5 Å². The van der Waals surface area contributed by atoms with Gasteiger partial charge in [0.05, 0.1) is 17.1 Å². The Morgan fingerprint density at radius 2 is 1.47 bits per heavy atom. The third kappa shape index (κ3) is 4.84. The van der Waals surface area contributed by atoms with Gasteiger partial charge in [0.2, 0.25) is 17.6 Å². The first-order valence-electron chi connectivity index (χ1n) is 9.81. The van der Waals surface area contributed by atoms with Crippen molar-refractivity contribution in [3.63, 3.8) is 0 Å². The number of amides is 1. The van der Waals surface area contributed by atoms with Crippen molar-refractivity contribution in [2.45, 2.75) is 11.4 Å². The second-order valence-corrected chi connectivity index (χ2v) is 8.68. The van der Waals surface area contributed by atoms with Crippen molar-refractivity contribution >= 4 is 21.6 Å². The number of nitrogens with zero attached hydrogens (tertiary/aromatic N) is 3. The Bertz CT molecular complexity index is 1280. The number of para-hydroxylation sites is 1. The second-order valence-electron chi connectivity index (χ2n) is 6.81. The van der Waals surface area contributed by atoms with E-state index in [1.807, 2.05) is 30.3 Å². The Hall–Kier alpha value is -3.98. The lowest BCUT2D eigenvalue weighted by Crippen LogP contribution is -2.40. The molecule has 1 N–H and O–H groups in total. The molecule has 0 spiro atoms. The van der Waals surface area contributed by atoms with E-state index in [4.69, 9.17) is 4.52 Å². The molecule has 1 heterocycles. The van der Waals surface area contributed by atoms with Crippen LogP contribution in [0.3, 0.4) is 0 Å². The molecule has 0 fully saturated rings. The average molecular weight is 449 g/mol. The first-order valence-corrected chi connectivity index (χ1v) is 11.3. The number of carbonyl (C=O) groups is 1. The predicted octanol–water partition coefficient (Wildman–Crippen LogP) is 3.25. The highest BCUT2D eigenvalue weighted by atomic mass is 32.2. The lowest BCUT2D eigenvalue weighted by atomic mass is 10.2. The van der Waals surface area contributed by atoms with Crippen molar-refractivity contribution in [3.05, 3.63) is 96.9 Å². The summed E-state index contributed by atoms with van der Waals surface area (Å²) in [5.41, 5.74) is 1.17. The molecule has 0 bridgehead atoms. The van der Waals surface area contributed by atoms with E-state index in [9.17, 15) is 13.2 Å². The van der Waals surface area contributed by atoms with Crippen LogP contribution in [0.4, 0.5) is 5.69 Å². The van der Waals surface area contributed by atoms with E-state index in [-0.39, 0.29) is 17.3 Å². The molecule has 4 aromatic rings. The van der Waals surface area contributed by atoms with Crippen molar-refractivity contribution < 1.29 is 17.7 Å². The maximum Gasteiger partial charge on any atom is 0.264 e. The summed E-state index contributed by atoms with van der Waals surface area (Å²) in [6.07, 6.45) is 0. The molecule has 4 rings (SSSR count). The molecule has 9 heteroatoms. The van der Waals surface area contributed by atoms with Crippen molar-refractivity contribution in [2.75, 3.05) is 10.8 Å². The van der Waals surface area contributed by atoms with E-state index in [1.54, 1.807) is 48.5 Å². The second kappa shape index (κ2) is 9.44. The maximum atomic E-state index is 13.2. The quantitative estimate of drug-likeness (QED) is 0.444. The molecule has 0 atom stereocenters. The van der Waals surface area contributed by atoms with Gasteiger partial charge in [-0.15, -0.1) is 0 Å². The Morgan fingerprint density at radius 1 is 0.875 bits per heavy atom. The van der Waals surface area contributed by atoms with Crippen LogP contribution in [0, 0.1) is 0 Å². The van der Waals surface area contributed by atoms with Crippen LogP contribution in [0.2, 0.25) is 0 Å². The van der Waals surface area contributed by atoms with Crippen LogP contribution in [-0.2, 0) is 21.4 Å². The minimum Gasteiger partial charge on any atom is -0.345 e. The number of hydrogen-bond acceptors (Lipinski definition) is 6. The summed E-state index contributed by atoms with van der Waals surface area (Å²) < 4.78 is 32.7. The first-order chi connectivity index (χ1) is 15.5. The Labute approximate surface area is 185 Å². The lowest BCUT2D eigenvalue weighted by Gasteiger charge is -2.24. The van der Waals surface area contributed by atoms with Crippen LogP contribution in [-0.4, -0.2) is 31.0 Å². The van der Waals surface area contributed by atoms with Crippen LogP contribution >= 0.6 is 0 Å². The fraction of sp³-hybridized carbons (Fsp3) is 0.0870. The molecular formula is C23H20N4O4S. The zero-order valence-electron chi connectivity index (χ0n) is 17.0. The van der Waals surface area contributed by atoms with E-state index >= 15 is 0 Å². The molecule has 1 amide bonds. The monoisotopic (exact) mass is 448 g/mol. The van der Waals surface area contributed by atoms with E-state index in [1.165, 1.54) is 12.1 Å². The molecule has 0 radical (unpaired) electrons. The third-order valence-corrected chi connectivity index (χ3v) is 6.39. The van der Waals surface area contributed by atoms with E-state index in [0.717, 1.165) is 9.87 Å². The molecule has 3 aromatic carbocycles. The van der Waals surface area contributed by atoms with E-state index in [0.29, 0.717) is 11.5 Å². The highest BCUT2D eigenvalue weighted by Crippen LogP contribution is 2.23. The predicted molar refractivity (Wildman–Crippen MR) is 119 cm³/mol. The third-order valence-electron chi connectivity index (χ3n) is 4.60. The summed E-state index contributed by atoms with van der Waals surface area (Å²) in [5, 5.41) is 6.55. The van der Waals surface area contributed by atoms with Crippen molar-refractivity contribution in [1.29, 1.82) is 0 Å². The first kappa shape index (κ1) is 21.3. The number of aromatic nitrogens is 2. The van der Waals surface area contributed by atoms with Gasteiger partial charge in [-0.25, -0.2) is 8.42 Å². The molecule has 8 nitrogen and oxygen atoms in total. The van der Waals surface area contributed by atoms with Crippen LogP contribution < -0.4 is 9.62 Å². The molecule has 0 unspecified atom stereocenters. The Morgan fingerprint density at radius 3 is 2.12 bits per heavy atom. The fourth-order valence-electron chi connectivity index (χ4n) is 3.02. The molecule has 1 aromatic heterocycles. The molecule has 0 aliphatic carbocycles. The summed E-state index contributed by atoms with van der Waals surface area (Å²) in [6, 6.07) is 25.8. The van der Waals surface area contributed by atoms with Crippen LogP contribution in [0.1, 0.15) is 5.89 Å². The number of anilines is 1. The van der Waals surface area contributed by atoms with Gasteiger partial charge in [-0.3, -0.25) is 9.10 Å². The number of nitrogens with one attached hydrogen (secondary N) is 1. The molecule has 0 aliphatic heterocycles. The summed E-state index contributed by atoms with van der Waals surface area (Å²) in [5.74, 6) is 0.120. The van der Waals surface area contributed by atoms with Gasteiger partial charge in [-0.1, -0.05) is 71.9 Å². The highest BCUT2D eigenvalue weighted by Gasteiger charge is 2.27. The zero-order chi connectivity index (χ0) is 22.4. The molecule has 0 saturated heterocycles. The largest absolute Gasteiger partial charge is 0.345 e. The summed E-state index contributed by atoms with van der Waals surface area (Å²) in [4.78, 5) is 17.0. The number of benzene rings is 3. The summed E-state index contributed by atoms with van der Waals surface area (Å²) in [6.45, 7) is -0.423. The van der Waals surface area contributed by atoms with Crippen LogP contribution in [0.25, 0.3) is 11.4 Å². The van der Waals surface area contributed by atoms with Crippen LogP contribution in [0.5, 0.6) is 0 Å². The smallest absolute Gasteiger partial charge is 0.264 e. The number of sulfonamides is 1. The molecule has 162 valence electrons. The number of hydrogen-bond donors (Lipinski definition) is 1.